The molecule has 1 amide bonds. The molecule has 5 heteroatoms. The lowest BCUT2D eigenvalue weighted by Crippen LogP contribution is -2.30. The number of carbonyl (C=O) groups excluding carboxylic acids is 2. The molecule has 2 heterocycles. The van der Waals surface area contributed by atoms with Gasteiger partial charge in [-0.2, -0.15) is 5.10 Å². The van der Waals surface area contributed by atoms with E-state index in [0.29, 0.717) is 24.3 Å². The van der Waals surface area contributed by atoms with Crippen LogP contribution in [0.1, 0.15) is 37.9 Å². The third-order valence-electron chi connectivity index (χ3n) is 3.91. The summed E-state index contributed by atoms with van der Waals surface area (Å²) in [6.45, 7) is 0. The maximum Gasteiger partial charge on any atom is 0.249 e. The highest BCUT2D eigenvalue weighted by Gasteiger charge is 2.36. The van der Waals surface area contributed by atoms with E-state index < -0.39 is 0 Å². The van der Waals surface area contributed by atoms with Crippen molar-refractivity contribution < 1.29 is 14.0 Å². The molecular weight excluding hydrogens is 244 g/mol. The van der Waals surface area contributed by atoms with Gasteiger partial charge >= 0.3 is 0 Å². The average molecular weight is 260 g/mol. The van der Waals surface area contributed by atoms with Crippen molar-refractivity contribution in [2.24, 2.45) is 16.9 Å². The monoisotopic (exact) mass is 260 g/mol. The summed E-state index contributed by atoms with van der Waals surface area (Å²) in [5, 5.41) is 4.04. The predicted molar refractivity (Wildman–Crippen MR) is 68.5 cm³/mol. The van der Waals surface area contributed by atoms with Gasteiger partial charge in [0.15, 0.2) is 5.76 Å². The number of carbonyl (C=O) groups is 2. The minimum Gasteiger partial charge on any atom is -0.463 e. The van der Waals surface area contributed by atoms with Crippen LogP contribution in [0.15, 0.2) is 27.9 Å². The smallest absolute Gasteiger partial charge is 0.249 e. The molecule has 1 aromatic rings. The van der Waals surface area contributed by atoms with E-state index in [1.54, 1.807) is 18.4 Å². The number of furan rings is 1. The van der Waals surface area contributed by atoms with Crippen molar-refractivity contribution in [3.8, 4) is 0 Å². The van der Waals surface area contributed by atoms with Crippen molar-refractivity contribution in [2.45, 2.75) is 32.1 Å². The SMILES string of the molecule is O=C1CCCCC1CC1C(=O)NN=C1c1ccco1. The largest absolute Gasteiger partial charge is 0.463 e. The fourth-order valence-corrected chi connectivity index (χ4v) is 2.85. The number of hydrazone groups is 1. The summed E-state index contributed by atoms with van der Waals surface area (Å²) < 4.78 is 5.30. The Morgan fingerprint density at radius 3 is 3.00 bits per heavy atom. The Labute approximate surface area is 111 Å². The first-order valence-corrected chi connectivity index (χ1v) is 6.69. The zero-order chi connectivity index (χ0) is 13.2. The highest BCUT2D eigenvalue weighted by atomic mass is 16.3. The molecule has 1 aromatic heterocycles. The Morgan fingerprint density at radius 2 is 2.26 bits per heavy atom. The first-order valence-electron chi connectivity index (χ1n) is 6.69. The second kappa shape index (κ2) is 4.99. The lowest BCUT2D eigenvalue weighted by atomic mass is 9.80. The van der Waals surface area contributed by atoms with Crippen molar-refractivity contribution >= 4 is 17.4 Å². The minimum absolute atomic E-state index is 0.0113. The summed E-state index contributed by atoms with van der Waals surface area (Å²) in [5.41, 5.74) is 3.11. The van der Waals surface area contributed by atoms with Gasteiger partial charge in [0, 0.05) is 12.3 Å². The molecule has 0 bridgehead atoms. The molecule has 100 valence electrons. The van der Waals surface area contributed by atoms with Gasteiger partial charge in [-0.1, -0.05) is 6.42 Å². The van der Waals surface area contributed by atoms with Gasteiger partial charge in [-0.05, 0) is 31.4 Å². The van der Waals surface area contributed by atoms with Gasteiger partial charge in [0.05, 0.1) is 12.2 Å². The Balaban J connectivity index is 1.76. The average Bonchev–Trinajstić information content (AvgIpc) is 3.03. The van der Waals surface area contributed by atoms with Crippen molar-refractivity contribution in [3.63, 3.8) is 0 Å². The van der Waals surface area contributed by atoms with Gasteiger partial charge < -0.3 is 4.42 Å². The summed E-state index contributed by atoms with van der Waals surface area (Å²) in [5.74, 6) is 0.377. The standard InChI is InChI=1S/C14H16N2O3/c17-11-5-2-1-4-9(11)8-10-13(15-16-14(10)18)12-6-3-7-19-12/h3,6-7,9-10H,1-2,4-5,8H2,(H,16,18). The van der Waals surface area contributed by atoms with Crippen LogP contribution in [0.3, 0.4) is 0 Å². The predicted octanol–water partition coefficient (Wildman–Crippen LogP) is 1.88. The van der Waals surface area contributed by atoms with Crippen molar-refractivity contribution in [2.75, 3.05) is 0 Å². The molecule has 1 aliphatic heterocycles. The van der Waals surface area contributed by atoms with Crippen molar-refractivity contribution in [1.29, 1.82) is 0 Å². The number of rotatable bonds is 3. The summed E-state index contributed by atoms with van der Waals surface area (Å²) >= 11 is 0. The molecule has 1 saturated carbocycles. The second-order valence-corrected chi connectivity index (χ2v) is 5.15. The normalized spacial score (nSPS) is 27.3. The number of hydrogen-bond acceptors (Lipinski definition) is 4. The third-order valence-corrected chi connectivity index (χ3v) is 3.91. The zero-order valence-electron chi connectivity index (χ0n) is 10.6. The van der Waals surface area contributed by atoms with Gasteiger partial charge in [0.25, 0.3) is 0 Å². The van der Waals surface area contributed by atoms with Crippen LogP contribution in [0.25, 0.3) is 0 Å². The number of Topliss-reactive ketones (excluding diaryl/α,β-unsaturated/α-hetero) is 1. The number of amides is 1. The lowest BCUT2D eigenvalue weighted by Gasteiger charge is -2.22. The molecule has 0 saturated heterocycles. The minimum atomic E-state index is -0.363. The Bertz CT molecular complexity index is 519. The molecule has 1 fully saturated rings. The van der Waals surface area contributed by atoms with Gasteiger partial charge in [-0.15, -0.1) is 0 Å². The molecule has 19 heavy (non-hydrogen) atoms. The number of nitrogens with zero attached hydrogens (tertiary/aromatic N) is 1. The highest BCUT2D eigenvalue weighted by Crippen LogP contribution is 2.29. The second-order valence-electron chi connectivity index (χ2n) is 5.15. The molecule has 0 spiro atoms. The summed E-state index contributed by atoms with van der Waals surface area (Å²) in [6.07, 6.45) is 5.68. The fourth-order valence-electron chi connectivity index (χ4n) is 2.85. The third kappa shape index (κ3) is 2.32. The van der Waals surface area contributed by atoms with Crippen LogP contribution < -0.4 is 5.43 Å². The molecule has 2 atom stereocenters. The van der Waals surface area contributed by atoms with E-state index >= 15 is 0 Å². The van der Waals surface area contributed by atoms with Crippen LogP contribution in [-0.2, 0) is 9.59 Å². The first-order chi connectivity index (χ1) is 9.25. The van der Waals surface area contributed by atoms with Crippen LogP contribution in [0.5, 0.6) is 0 Å². The molecule has 3 rings (SSSR count). The lowest BCUT2D eigenvalue weighted by molar-refractivity contribution is -0.126. The summed E-state index contributed by atoms with van der Waals surface area (Å²) in [4.78, 5) is 23.8. The van der Waals surface area contributed by atoms with Crippen LogP contribution in [-0.4, -0.2) is 17.4 Å². The molecular formula is C14H16N2O3. The van der Waals surface area contributed by atoms with Gasteiger partial charge in [0.1, 0.15) is 11.5 Å². The van der Waals surface area contributed by atoms with E-state index in [2.05, 4.69) is 10.5 Å². The van der Waals surface area contributed by atoms with Gasteiger partial charge in [-0.3, -0.25) is 9.59 Å². The Hall–Kier alpha value is -1.91. The van der Waals surface area contributed by atoms with Gasteiger partial charge in [0.2, 0.25) is 5.91 Å². The maximum atomic E-state index is 11.9. The molecule has 1 N–H and O–H groups in total. The maximum absolute atomic E-state index is 11.9. The molecule has 2 aliphatic rings. The first kappa shape index (κ1) is 12.1. The molecule has 0 aromatic carbocycles. The van der Waals surface area contributed by atoms with E-state index in [-0.39, 0.29) is 23.5 Å². The van der Waals surface area contributed by atoms with Gasteiger partial charge in [-0.25, -0.2) is 5.43 Å². The number of nitrogens with one attached hydrogen (secondary N) is 1. The van der Waals surface area contributed by atoms with Crippen LogP contribution in [0.2, 0.25) is 0 Å². The van der Waals surface area contributed by atoms with E-state index in [0.717, 1.165) is 19.3 Å². The van der Waals surface area contributed by atoms with Crippen LogP contribution >= 0.6 is 0 Å². The molecule has 5 nitrogen and oxygen atoms in total. The molecule has 1 aliphatic carbocycles. The number of hydrogen-bond donors (Lipinski definition) is 1. The van der Waals surface area contributed by atoms with Crippen LogP contribution in [0, 0.1) is 11.8 Å². The summed E-state index contributed by atoms with van der Waals surface area (Å²) in [6, 6.07) is 3.55. The summed E-state index contributed by atoms with van der Waals surface area (Å²) in [7, 11) is 0. The van der Waals surface area contributed by atoms with E-state index in [9.17, 15) is 9.59 Å². The number of ketones is 1. The fraction of sp³-hybridized carbons (Fsp3) is 0.500. The van der Waals surface area contributed by atoms with E-state index in [4.69, 9.17) is 4.42 Å². The van der Waals surface area contributed by atoms with Crippen molar-refractivity contribution in [3.05, 3.63) is 24.2 Å². The van der Waals surface area contributed by atoms with E-state index in [1.807, 2.05) is 0 Å². The van der Waals surface area contributed by atoms with E-state index in [1.165, 1.54) is 0 Å². The topological polar surface area (TPSA) is 71.7 Å². The zero-order valence-corrected chi connectivity index (χ0v) is 10.6. The molecule has 0 radical (unpaired) electrons. The Kier molecular flexibility index (Phi) is 3.19. The van der Waals surface area contributed by atoms with Crippen molar-refractivity contribution in [1.82, 2.24) is 5.43 Å². The molecule has 2 unspecified atom stereocenters. The van der Waals surface area contributed by atoms with Crippen LogP contribution in [0.4, 0.5) is 0 Å². The highest BCUT2D eigenvalue weighted by molar-refractivity contribution is 6.15. The Morgan fingerprint density at radius 1 is 1.37 bits per heavy atom. The quantitative estimate of drug-likeness (QED) is 0.901.